The van der Waals surface area contributed by atoms with E-state index in [1.807, 2.05) is 36.4 Å². The first-order valence-electron chi connectivity index (χ1n) is 5.30. The van der Waals surface area contributed by atoms with Gasteiger partial charge in [-0.25, -0.2) is 0 Å². The Morgan fingerprint density at radius 1 is 1.12 bits per heavy atom. The lowest BCUT2D eigenvalue weighted by atomic mass is 10.0. The maximum Gasteiger partial charge on any atom is 0.136 e. The van der Waals surface area contributed by atoms with E-state index in [1.54, 1.807) is 6.26 Å². The standard InChI is InChI=1S/C13H12O3/c14-13-10-5-1-2-6-11(10)16-12(13)8-9-4-3-7-15-9/h1-7,12-14H,8H2/t12-,13-/m1/s1. The molecule has 3 heteroatoms. The molecule has 16 heavy (non-hydrogen) atoms. The quantitative estimate of drug-likeness (QED) is 0.837. The van der Waals surface area contributed by atoms with E-state index in [0.29, 0.717) is 6.42 Å². The fraction of sp³-hybridized carbons (Fsp3) is 0.231. The summed E-state index contributed by atoms with van der Waals surface area (Å²) in [4.78, 5) is 0. The van der Waals surface area contributed by atoms with Gasteiger partial charge in [-0.1, -0.05) is 18.2 Å². The summed E-state index contributed by atoms with van der Waals surface area (Å²) in [5.41, 5.74) is 0.860. The summed E-state index contributed by atoms with van der Waals surface area (Å²) in [5, 5.41) is 10.1. The number of hydrogen-bond donors (Lipinski definition) is 1. The minimum Gasteiger partial charge on any atom is -0.486 e. The van der Waals surface area contributed by atoms with E-state index in [2.05, 4.69) is 0 Å². The fourth-order valence-electron chi connectivity index (χ4n) is 2.04. The molecule has 82 valence electrons. The van der Waals surface area contributed by atoms with Crippen molar-refractivity contribution >= 4 is 0 Å². The summed E-state index contributed by atoms with van der Waals surface area (Å²) in [7, 11) is 0. The lowest BCUT2D eigenvalue weighted by Gasteiger charge is -2.12. The van der Waals surface area contributed by atoms with Crippen LogP contribution >= 0.6 is 0 Å². The predicted octanol–water partition coefficient (Wildman–Crippen LogP) is 2.32. The number of aliphatic hydroxyl groups is 1. The van der Waals surface area contributed by atoms with E-state index < -0.39 is 6.10 Å². The lowest BCUT2D eigenvalue weighted by molar-refractivity contribution is 0.0645. The Morgan fingerprint density at radius 2 is 2.00 bits per heavy atom. The number of furan rings is 1. The smallest absolute Gasteiger partial charge is 0.136 e. The first kappa shape index (κ1) is 9.48. The highest BCUT2D eigenvalue weighted by Crippen LogP contribution is 2.37. The van der Waals surface area contributed by atoms with E-state index in [9.17, 15) is 5.11 Å². The van der Waals surface area contributed by atoms with E-state index in [-0.39, 0.29) is 6.10 Å². The molecule has 0 bridgehead atoms. The van der Waals surface area contributed by atoms with Gasteiger partial charge in [0.2, 0.25) is 0 Å². The molecule has 1 aromatic carbocycles. The first-order chi connectivity index (χ1) is 7.84. The van der Waals surface area contributed by atoms with Crippen LogP contribution in [0.15, 0.2) is 47.1 Å². The highest BCUT2D eigenvalue weighted by Gasteiger charge is 2.32. The minimum atomic E-state index is -0.568. The first-order valence-corrected chi connectivity index (χ1v) is 5.30. The van der Waals surface area contributed by atoms with E-state index in [4.69, 9.17) is 9.15 Å². The predicted molar refractivity (Wildman–Crippen MR) is 58.2 cm³/mol. The Bertz CT molecular complexity index is 474. The molecule has 1 N–H and O–H groups in total. The largest absolute Gasteiger partial charge is 0.486 e. The van der Waals surface area contributed by atoms with Crippen LogP contribution in [-0.2, 0) is 6.42 Å². The molecular formula is C13H12O3. The van der Waals surface area contributed by atoms with Crippen LogP contribution < -0.4 is 4.74 Å². The van der Waals surface area contributed by atoms with Crippen molar-refractivity contribution in [2.24, 2.45) is 0 Å². The van der Waals surface area contributed by atoms with Crippen molar-refractivity contribution in [3.8, 4) is 5.75 Å². The van der Waals surface area contributed by atoms with Crippen LogP contribution in [0.25, 0.3) is 0 Å². The number of rotatable bonds is 2. The normalized spacial score (nSPS) is 22.8. The monoisotopic (exact) mass is 216 g/mol. The third-order valence-electron chi connectivity index (χ3n) is 2.85. The van der Waals surface area contributed by atoms with Crippen molar-refractivity contribution in [3.63, 3.8) is 0 Å². The van der Waals surface area contributed by atoms with Crippen molar-refractivity contribution in [2.75, 3.05) is 0 Å². The van der Waals surface area contributed by atoms with Crippen LogP contribution in [0.1, 0.15) is 17.4 Å². The number of para-hydroxylation sites is 1. The zero-order chi connectivity index (χ0) is 11.0. The third-order valence-corrected chi connectivity index (χ3v) is 2.85. The highest BCUT2D eigenvalue weighted by atomic mass is 16.5. The lowest BCUT2D eigenvalue weighted by Crippen LogP contribution is -2.21. The van der Waals surface area contributed by atoms with E-state index in [0.717, 1.165) is 17.1 Å². The molecule has 2 atom stereocenters. The van der Waals surface area contributed by atoms with Crippen LogP contribution in [0.3, 0.4) is 0 Å². The number of fused-ring (bicyclic) bond motifs is 1. The molecule has 0 saturated carbocycles. The van der Waals surface area contributed by atoms with Gasteiger partial charge in [-0.3, -0.25) is 0 Å². The highest BCUT2D eigenvalue weighted by molar-refractivity contribution is 5.39. The average molecular weight is 216 g/mol. The summed E-state index contributed by atoms with van der Waals surface area (Å²) < 4.78 is 10.9. The Hall–Kier alpha value is -1.74. The van der Waals surface area contributed by atoms with Crippen LogP contribution in [0.5, 0.6) is 5.75 Å². The van der Waals surface area contributed by atoms with Gasteiger partial charge in [-0.05, 0) is 18.2 Å². The summed E-state index contributed by atoms with van der Waals surface area (Å²) in [6.07, 6.45) is 1.40. The molecule has 2 heterocycles. The van der Waals surface area contributed by atoms with Gasteiger partial charge >= 0.3 is 0 Å². The SMILES string of the molecule is O[C@@H]1c2ccccc2O[C@@H]1Cc1ccco1. The van der Waals surface area contributed by atoms with E-state index >= 15 is 0 Å². The maximum atomic E-state index is 10.1. The molecule has 0 aliphatic carbocycles. The van der Waals surface area contributed by atoms with E-state index in [1.165, 1.54) is 0 Å². The molecule has 1 aliphatic heterocycles. The third kappa shape index (κ3) is 1.49. The van der Waals surface area contributed by atoms with Crippen LogP contribution in [0, 0.1) is 0 Å². The second kappa shape index (κ2) is 3.68. The van der Waals surface area contributed by atoms with Crippen molar-refractivity contribution in [1.29, 1.82) is 0 Å². The van der Waals surface area contributed by atoms with Gasteiger partial charge in [-0.15, -0.1) is 0 Å². The number of aliphatic hydroxyl groups excluding tert-OH is 1. The number of hydrogen-bond acceptors (Lipinski definition) is 3. The molecule has 3 nitrogen and oxygen atoms in total. The molecule has 1 aliphatic rings. The minimum absolute atomic E-state index is 0.247. The Balaban J connectivity index is 1.82. The molecule has 0 amide bonds. The van der Waals surface area contributed by atoms with Crippen molar-refractivity contribution in [1.82, 2.24) is 0 Å². The summed E-state index contributed by atoms with van der Waals surface area (Å²) in [6.45, 7) is 0. The van der Waals surface area contributed by atoms with Gasteiger partial charge in [0.15, 0.2) is 0 Å². The van der Waals surface area contributed by atoms with Gasteiger partial charge in [0.1, 0.15) is 23.7 Å². The Labute approximate surface area is 93.3 Å². The van der Waals surface area contributed by atoms with Crippen LogP contribution in [0.4, 0.5) is 0 Å². The van der Waals surface area contributed by atoms with Gasteiger partial charge in [-0.2, -0.15) is 0 Å². The summed E-state index contributed by atoms with van der Waals surface area (Å²) in [6, 6.07) is 11.3. The zero-order valence-electron chi connectivity index (χ0n) is 8.67. The van der Waals surface area contributed by atoms with Crippen LogP contribution in [0.2, 0.25) is 0 Å². The maximum absolute atomic E-state index is 10.1. The van der Waals surface area contributed by atoms with Gasteiger partial charge in [0, 0.05) is 12.0 Å². The molecule has 1 aromatic heterocycles. The Morgan fingerprint density at radius 3 is 2.75 bits per heavy atom. The van der Waals surface area contributed by atoms with Gasteiger partial charge in [0.05, 0.1) is 6.26 Å². The molecule has 0 radical (unpaired) electrons. The molecule has 0 spiro atoms. The average Bonchev–Trinajstić information content (AvgIpc) is 2.90. The fourth-order valence-corrected chi connectivity index (χ4v) is 2.04. The van der Waals surface area contributed by atoms with Crippen molar-refractivity contribution in [3.05, 3.63) is 54.0 Å². The van der Waals surface area contributed by atoms with Gasteiger partial charge < -0.3 is 14.3 Å². The van der Waals surface area contributed by atoms with Crippen molar-refractivity contribution in [2.45, 2.75) is 18.6 Å². The molecule has 2 aromatic rings. The zero-order valence-corrected chi connectivity index (χ0v) is 8.67. The van der Waals surface area contributed by atoms with Gasteiger partial charge in [0.25, 0.3) is 0 Å². The molecule has 0 saturated heterocycles. The molecule has 3 rings (SSSR count). The second-order valence-corrected chi connectivity index (χ2v) is 3.92. The van der Waals surface area contributed by atoms with Crippen LogP contribution in [-0.4, -0.2) is 11.2 Å². The number of benzene rings is 1. The second-order valence-electron chi connectivity index (χ2n) is 3.92. The molecule has 0 fully saturated rings. The molecule has 0 unspecified atom stereocenters. The summed E-state index contributed by atoms with van der Waals surface area (Å²) >= 11 is 0. The van der Waals surface area contributed by atoms with Crippen molar-refractivity contribution < 1.29 is 14.3 Å². The molecular weight excluding hydrogens is 204 g/mol. The Kier molecular flexibility index (Phi) is 2.18. The number of ether oxygens (including phenoxy) is 1. The summed E-state index contributed by atoms with van der Waals surface area (Å²) in [5.74, 6) is 1.60. The topological polar surface area (TPSA) is 42.6 Å².